The standard InChI is InChI=1S/C23H34N2O5.C22H32N2O5/c1-23(2,3)30-22(28)24-14-13-20(26)25-19-11-9-18(10-12-19)17-7-5-16(6-8-17)15-21(27)29-4;1-22(2,3)29-21(28)23-13-12-19(25)24-18-10-8-17(9-11-18)16-6-4-15(5-7-16)14-20(26)27/h9-12,16-17H,5-8,13-15H2,1-4H3,(H,24,28)(H,25,26);8-11,15-16H,4-7,12-14H2,1-3H3,(H,23,28)(H,24,25)(H,26,27). The number of anilines is 2. The summed E-state index contributed by atoms with van der Waals surface area (Å²) in [6.45, 7) is 11.1. The van der Waals surface area contributed by atoms with E-state index < -0.39 is 29.4 Å². The van der Waals surface area contributed by atoms with Crippen LogP contribution >= 0.6 is 0 Å². The van der Waals surface area contributed by atoms with Gasteiger partial charge < -0.3 is 40.6 Å². The number of amides is 4. The van der Waals surface area contributed by atoms with Gasteiger partial charge in [-0.05, 0) is 152 Å². The zero-order valence-electron chi connectivity index (χ0n) is 35.9. The molecule has 5 N–H and O–H groups in total. The van der Waals surface area contributed by atoms with Crippen molar-refractivity contribution in [1.82, 2.24) is 10.6 Å². The largest absolute Gasteiger partial charge is 0.481 e. The van der Waals surface area contributed by atoms with Crippen LogP contribution < -0.4 is 21.3 Å². The van der Waals surface area contributed by atoms with E-state index in [1.807, 2.05) is 36.4 Å². The number of esters is 1. The Hall–Kier alpha value is -5.14. The van der Waals surface area contributed by atoms with E-state index in [1.54, 1.807) is 41.5 Å². The minimum atomic E-state index is -0.713. The number of ether oxygens (including phenoxy) is 3. The van der Waals surface area contributed by atoms with Gasteiger partial charge in [0.05, 0.1) is 7.11 Å². The highest BCUT2D eigenvalue weighted by Crippen LogP contribution is 2.38. The molecule has 2 aliphatic carbocycles. The van der Waals surface area contributed by atoms with Crippen molar-refractivity contribution in [3.63, 3.8) is 0 Å². The topological polar surface area (TPSA) is 198 Å². The molecule has 0 atom stereocenters. The zero-order chi connectivity index (χ0) is 43.6. The van der Waals surface area contributed by atoms with E-state index in [0.717, 1.165) is 62.7 Å². The number of alkyl carbamates (subject to hydrolysis) is 2. The molecule has 0 heterocycles. The SMILES string of the molecule is CC(C)(C)OC(=O)NCCC(=O)Nc1ccc(C2CCC(CC(=O)O)CC2)cc1.COC(=O)CC1CCC(c2ccc(NC(=O)CCNC(=O)OC(C)(C)C)cc2)CC1. The highest BCUT2D eigenvalue weighted by atomic mass is 16.6. The number of rotatable bonds is 14. The Morgan fingerprint density at radius 3 is 1.25 bits per heavy atom. The van der Waals surface area contributed by atoms with Gasteiger partial charge in [-0.25, -0.2) is 9.59 Å². The average molecular weight is 823 g/mol. The van der Waals surface area contributed by atoms with E-state index in [9.17, 15) is 28.8 Å². The molecule has 2 saturated carbocycles. The summed E-state index contributed by atoms with van der Waals surface area (Å²) in [5.74, 6) is 0.461. The number of benzene rings is 2. The zero-order valence-corrected chi connectivity index (χ0v) is 35.9. The summed E-state index contributed by atoms with van der Waals surface area (Å²) in [5, 5.41) is 19.7. The normalized spacial score (nSPS) is 19.1. The predicted octanol–water partition coefficient (Wildman–Crippen LogP) is 8.67. The fourth-order valence-electron chi connectivity index (χ4n) is 7.27. The van der Waals surface area contributed by atoms with Crippen LogP contribution in [0.2, 0.25) is 0 Å². The van der Waals surface area contributed by atoms with Gasteiger partial charge in [0.15, 0.2) is 0 Å². The van der Waals surface area contributed by atoms with Crippen molar-refractivity contribution in [2.75, 3.05) is 30.8 Å². The number of carboxylic acid groups (broad SMARTS) is 1. The number of methoxy groups -OCH3 is 1. The predicted molar refractivity (Wildman–Crippen MR) is 226 cm³/mol. The molecule has 4 rings (SSSR count). The number of nitrogens with one attached hydrogen (secondary N) is 4. The number of hydrogen-bond acceptors (Lipinski definition) is 9. The van der Waals surface area contributed by atoms with Crippen molar-refractivity contribution in [3.8, 4) is 0 Å². The minimum Gasteiger partial charge on any atom is -0.481 e. The number of aliphatic carboxylic acids is 1. The third-order valence-electron chi connectivity index (χ3n) is 10.2. The molecule has 2 fully saturated rings. The maximum atomic E-state index is 12.1. The highest BCUT2D eigenvalue weighted by molar-refractivity contribution is 5.91. The lowest BCUT2D eigenvalue weighted by atomic mass is 9.77. The fourth-order valence-corrected chi connectivity index (χ4v) is 7.27. The summed E-state index contributed by atoms with van der Waals surface area (Å²) >= 11 is 0. The quantitative estimate of drug-likeness (QED) is 0.0908. The fraction of sp³-hybridized carbons (Fsp3) is 0.600. The first-order valence-corrected chi connectivity index (χ1v) is 20.8. The summed E-state index contributed by atoms with van der Waals surface area (Å²) in [4.78, 5) is 69.5. The molecule has 0 spiro atoms. The van der Waals surface area contributed by atoms with Crippen molar-refractivity contribution in [1.29, 1.82) is 0 Å². The Balaban J connectivity index is 0.000000316. The van der Waals surface area contributed by atoms with Gasteiger partial charge in [0.25, 0.3) is 0 Å². The molecule has 0 saturated heterocycles. The Bertz CT molecular complexity index is 1670. The van der Waals surface area contributed by atoms with Crippen molar-refractivity contribution >= 4 is 47.3 Å². The van der Waals surface area contributed by atoms with Crippen LogP contribution in [0.15, 0.2) is 48.5 Å². The van der Waals surface area contributed by atoms with Crippen LogP contribution in [0.3, 0.4) is 0 Å². The van der Waals surface area contributed by atoms with Gasteiger partial charge in [-0.2, -0.15) is 0 Å². The third kappa shape index (κ3) is 19.9. The van der Waals surface area contributed by atoms with Gasteiger partial charge in [0, 0.05) is 50.1 Å². The van der Waals surface area contributed by atoms with Gasteiger partial charge in [-0.3, -0.25) is 19.2 Å². The molecule has 0 radical (unpaired) electrons. The molecule has 0 aromatic heterocycles. The molecule has 4 amide bonds. The Morgan fingerprint density at radius 2 is 0.932 bits per heavy atom. The van der Waals surface area contributed by atoms with E-state index in [1.165, 1.54) is 18.2 Å². The van der Waals surface area contributed by atoms with Crippen LogP contribution in [-0.2, 0) is 33.4 Å². The van der Waals surface area contributed by atoms with Gasteiger partial charge in [-0.15, -0.1) is 0 Å². The first kappa shape index (κ1) is 48.2. The van der Waals surface area contributed by atoms with Crippen LogP contribution in [0.5, 0.6) is 0 Å². The second-order valence-corrected chi connectivity index (χ2v) is 17.5. The molecule has 0 bridgehead atoms. The molecule has 14 nitrogen and oxygen atoms in total. The first-order valence-electron chi connectivity index (χ1n) is 20.8. The summed E-state index contributed by atoms with van der Waals surface area (Å²) < 4.78 is 15.0. The molecule has 0 unspecified atom stereocenters. The van der Waals surface area contributed by atoms with E-state index in [2.05, 4.69) is 33.4 Å². The highest BCUT2D eigenvalue weighted by Gasteiger charge is 2.26. The van der Waals surface area contributed by atoms with Crippen LogP contribution in [0.25, 0.3) is 0 Å². The average Bonchev–Trinajstić information content (AvgIpc) is 3.15. The Morgan fingerprint density at radius 1 is 0.576 bits per heavy atom. The molecule has 14 heteroatoms. The molecular weight excluding hydrogens is 757 g/mol. The van der Waals surface area contributed by atoms with Gasteiger partial charge in [0.1, 0.15) is 11.2 Å². The summed E-state index contributed by atoms with van der Waals surface area (Å²) in [7, 11) is 1.44. The van der Waals surface area contributed by atoms with Crippen LogP contribution in [0.4, 0.5) is 21.0 Å². The van der Waals surface area contributed by atoms with Crippen molar-refractivity contribution < 1.29 is 48.1 Å². The second-order valence-electron chi connectivity index (χ2n) is 17.5. The number of hydrogen-bond donors (Lipinski definition) is 5. The summed E-state index contributed by atoms with van der Waals surface area (Å²) in [5.41, 5.74) is 2.81. The number of carbonyl (C=O) groups excluding carboxylic acids is 5. The van der Waals surface area contributed by atoms with Gasteiger partial charge in [0.2, 0.25) is 11.8 Å². The van der Waals surface area contributed by atoms with Crippen molar-refractivity contribution in [2.24, 2.45) is 11.8 Å². The van der Waals surface area contributed by atoms with E-state index >= 15 is 0 Å². The molecule has 2 aliphatic rings. The van der Waals surface area contributed by atoms with E-state index in [-0.39, 0.29) is 56.1 Å². The van der Waals surface area contributed by atoms with Gasteiger partial charge in [-0.1, -0.05) is 24.3 Å². The molecule has 2 aromatic rings. The van der Waals surface area contributed by atoms with Gasteiger partial charge >= 0.3 is 24.1 Å². The van der Waals surface area contributed by atoms with Crippen LogP contribution in [-0.4, -0.2) is 72.4 Å². The lowest BCUT2D eigenvalue weighted by Gasteiger charge is -2.28. The Labute approximate surface area is 349 Å². The van der Waals surface area contributed by atoms with E-state index in [0.29, 0.717) is 24.2 Å². The monoisotopic (exact) mass is 822 g/mol. The molecule has 326 valence electrons. The number of carbonyl (C=O) groups is 6. The number of carboxylic acids is 1. The summed E-state index contributed by atoms with van der Waals surface area (Å²) in [6.07, 6.45) is 8.12. The molecule has 0 aliphatic heterocycles. The lowest BCUT2D eigenvalue weighted by Crippen LogP contribution is -2.34. The molecular formula is C45H66N4O10. The molecule has 59 heavy (non-hydrogen) atoms. The third-order valence-corrected chi connectivity index (χ3v) is 10.2. The smallest absolute Gasteiger partial charge is 0.407 e. The van der Waals surface area contributed by atoms with E-state index in [4.69, 9.17) is 19.3 Å². The van der Waals surface area contributed by atoms with Crippen molar-refractivity contribution in [2.45, 2.75) is 142 Å². The maximum Gasteiger partial charge on any atom is 0.407 e. The lowest BCUT2D eigenvalue weighted by molar-refractivity contribution is -0.142. The Kier molecular flexibility index (Phi) is 19.2. The van der Waals surface area contributed by atoms with Crippen molar-refractivity contribution in [3.05, 3.63) is 59.7 Å². The molecule has 2 aromatic carbocycles. The van der Waals surface area contributed by atoms with Crippen LogP contribution in [0.1, 0.15) is 142 Å². The minimum absolute atomic E-state index is 0.125. The maximum absolute atomic E-state index is 12.1. The summed E-state index contributed by atoms with van der Waals surface area (Å²) in [6, 6.07) is 15.8. The van der Waals surface area contributed by atoms with Crippen LogP contribution in [0, 0.1) is 11.8 Å². The second kappa shape index (κ2) is 23.5. The first-order chi connectivity index (χ1) is 27.8.